The Kier molecular flexibility index (Phi) is 4.47. The predicted molar refractivity (Wildman–Crippen MR) is 79.3 cm³/mol. The molecule has 1 aromatic heterocycles. The number of piperidine rings is 1. The SMILES string of the molecule is Cc1nc(C2CCCNC2)cc(N2CCCOCC2)n1. The summed E-state index contributed by atoms with van der Waals surface area (Å²) in [5, 5.41) is 3.47. The predicted octanol–water partition coefficient (Wildman–Crippen LogP) is 1.48. The van der Waals surface area contributed by atoms with Crippen molar-refractivity contribution in [1.82, 2.24) is 15.3 Å². The van der Waals surface area contributed by atoms with E-state index in [1.165, 1.54) is 18.5 Å². The van der Waals surface area contributed by atoms with Crippen molar-refractivity contribution in [3.63, 3.8) is 0 Å². The Balaban J connectivity index is 1.81. The Hall–Kier alpha value is -1.20. The Morgan fingerprint density at radius 1 is 1.25 bits per heavy atom. The molecule has 5 heteroatoms. The molecule has 0 spiro atoms. The standard InChI is InChI=1S/C15H24N4O/c1-12-17-14(13-4-2-5-16-11-13)10-15(18-12)19-6-3-8-20-9-7-19/h10,13,16H,2-9,11H2,1H3. The first-order valence-electron chi connectivity index (χ1n) is 7.72. The van der Waals surface area contributed by atoms with Crippen molar-refractivity contribution in [2.75, 3.05) is 44.3 Å². The van der Waals surface area contributed by atoms with Crippen molar-refractivity contribution in [2.24, 2.45) is 0 Å². The maximum absolute atomic E-state index is 5.53. The fourth-order valence-electron chi connectivity index (χ4n) is 3.03. The number of aryl methyl sites for hydroxylation is 1. The van der Waals surface area contributed by atoms with E-state index in [1.807, 2.05) is 6.92 Å². The summed E-state index contributed by atoms with van der Waals surface area (Å²) in [6.07, 6.45) is 3.54. The molecule has 0 bridgehead atoms. The van der Waals surface area contributed by atoms with E-state index in [2.05, 4.69) is 26.3 Å². The van der Waals surface area contributed by atoms with E-state index in [0.717, 1.165) is 57.5 Å². The monoisotopic (exact) mass is 276 g/mol. The molecule has 1 unspecified atom stereocenters. The zero-order valence-electron chi connectivity index (χ0n) is 12.3. The fourth-order valence-corrected chi connectivity index (χ4v) is 3.03. The first-order valence-corrected chi connectivity index (χ1v) is 7.72. The molecule has 2 aliphatic heterocycles. The van der Waals surface area contributed by atoms with Crippen LogP contribution in [0.3, 0.4) is 0 Å². The van der Waals surface area contributed by atoms with Crippen LogP contribution in [0, 0.1) is 6.92 Å². The highest BCUT2D eigenvalue weighted by Gasteiger charge is 2.19. The van der Waals surface area contributed by atoms with Crippen molar-refractivity contribution in [2.45, 2.75) is 32.1 Å². The summed E-state index contributed by atoms with van der Waals surface area (Å²) in [5.41, 5.74) is 1.20. The molecule has 0 saturated carbocycles. The van der Waals surface area contributed by atoms with E-state index in [9.17, 15) is 0 Å². The number of nitrogens with zero attached hydrogens (tertiary/aromatic N) is 3. The Morgan fingerprint density at radius 2 is 2.20 bits per heavy atom. The van der Waals surface area contributed by atoms with Crippen LogP contribution < -0.4 is 10.2 Å². The van der Waals surface area contributed by atoms with Gasteiger partial charge in [-0.15, -0.1) is 0 Å². The van der Waals surface area contributed by atoms with Gasteiger partial charge >= 0.3 is 0 Å². The maximum Gasteiger partial charge on any atom is 0.132 e. The Labute approximate surface area is 120 Å². The lowest BCUT2D eigenvalue weighted by Crippen LogP contribution is -2.30. The van der Waals surface area contributed by atoms with E-state index in [4.69, 9.17) is 4.74 Å². The third-order valence-corrected chi connectivity index (χ3v) is 4.11. The van der Waals surface area contributed by atoms with Crippen molar-refractivity contribution in [3.8, 4) is 0 Å². The Morgan fingerprint density at radius 3 is 3.05 bits per heavy atom. The van der Waals surface area contributed by atoms with Crippen molar-refractivity contribution < 1.29 is 4.74 Å². The van der Waals surface area contributed by atoms with Crippen LogP contribution in [0.5, 0.6) is 0 Å². The van der Waals surface area contributed by atoms with Gasteiger partial charge in [0.15, 0.2) is 0 Å². The fraction of sp³-hybridized carbons (Fsp3) is 0.733. The highest BCUT2D eigenvalue weighted by molar-refractivity contribution is 5.41. The zero-order valence-corrected chi connectivity index (χ0v) is 12.3. The third-order valence-electron chi connectivity index (χ3n) is 4.11. The van der Waals surface area contributed by atoms with E-state index >= 15 is 0 Å². The van der Waals surface area contributed by atoms with Crippen LogP contribution in [0.25, 0.3) is 0 Å². The average Bonchev–Trinajstić information content (AvgIpc) is 2.77. The first-order chi connectivity index (χ1) is 9.83. The van der Waals surface area contributed by atoms with Gasteiger partial charge in [-0.1, -0.05) is 0 Å². The molecule has 2 fully saturated rings. The van der Waals surface area contributed by atoms with E-state index in [-0.39, 0.29) is 0 Å². The summed E-state index contributed by atoms with van der Waals surface area (Å²) in [5.74, 6) is 2.49. The molecular formula is C15H24N4O. The number of nitrogens with one attached hydrogen (secondary N) is 1. The lowest BCUT2D eigenvalue weighted by molar-refractivity contribution is 0.152. The van der Waals surface area contributed by atoms with Crippen molar-refractivity contribution >= 4 is 5.82 Å². The van der Waals surface area contributed by atoms with E-state index in [1.54, 1.807) is 0 Å². The molecule has 2 aliphatic rings. The molecule has 3 rings (SSSR count). The number of hydrogen-bond acceptors (Lipinski definition) is 5. The van der Waals surface area contributed by atoms with Gasteiger partial charge in [0.2, 0.25) is 0 Å². The summed E-state index contributed by atoms with van der Waals surface area (Å²) in [6, 6.07) is 2.19. The van der Waals surface area contributed by atoms with Crippen LogP contribution in [0.2, 0.25) is 0 Å². The highest BCUT2D eigenvalue weighted by atomic mass is 16.5. The van der Waals surface area contributed by atoms with Crippen LogP contribution in [0.4, 0.5) is 5.82 Å². The molecule has 3 heterocycles. The number of anilines is 1. The van der Waals surface area contributed by atoms with Crippen LogP contribution >= 0.6 is 0 Å². The second-order valence-electron chi connectivity index (χ2n) is 5.69. The van der Waals surface area contributed by atoms with Gasteiger partial charge in [0.1, 0.15) is 11.6 Å². The summed E-state index contributed by atoms with van der Waals surface area (Å²) >= 11 is 0. The highest BCUT2D eigenvalue weighted by Crippen LogP contribution is 2.24. The molecule has 1 aromatic rings. The van der Waals surface area contributed by atoms with Crippen molar-refractivity contribution in [1.29, 1.82) is 0 Å². The van der Waals surface area contributed by atoms with Gasteiger partial charge in [-0.3, -0.25) is 0 Å². The van der Waals surface area contributed by atoms with Gasteiger partial charge in [0, 0.05) is 38.2 Å². The summed E-state index contributed by atoms with van der Waals surface area (Å²) in [7, 11) is 0. The minimum absolute atomic E-state index is 0.535. The van der Waals surface area contributed by atoms with Crippen molar-refractivity contribution in [3.05, 3.63) is 17.6 Å². The summed E-state index contributed by atoms with van der Waals surface area (Å²) in [4.78, 5) is 11.6. The average molecular weight is 276 g/mol. The molecule has 1 atom stereocenters. The van der Waals surface area contributed by atoms with Gasteiger partial charge in [-0.2, -0.15) is 0 Å². The second kappa shape index (κ2) is 6.50. The maximum atomic E-state index is 5.53. The number of ether oxygens (including phenoxy) is 1. The molecule has 0 radical (unpaired) electrons. The molecule has 0 aromatic carbocycles. The van der Waals surface area contributed by atoms with Crippen LogP contribution in [-0.2, 0) is 4.74 Å². The minimum atomic E-state index is 0.535. The molecule has 2 saturated heterocycles. The third kappa shape index (κ3) is 3.27. The quantitative estimate of drug-likeness (QED) is 0.886. The van der Waals surface area contributed by atoms with Gasteiger partial charge in [0.05, 0.1) is 12.3 Å². The van der Waals surface area contributed by atoms with E-state index in [0.29, 0.717) is 5.92 Å². The minimum Gasteiger partial charge on any atom is -0.380 e. The molecule has 1 N–H and O–H groups in total. The number of aromatic nitrogens is 2. The van der Waals surface area contributed by atoms with Gasteiger partial charge < -0.3 is 15.0 Å². The van der Waals surface area contributed by atoms with Gasteiger partial charge in [0.25, 0.3) is 0 Å². The molecule has 5 nitrogen and oxygen atoms in total. The smallest absolute Gasteiger partial charge is 0.132 e. The molecular weight excluding hydrogens is 252 g/mol. The zero-order chi connectivity index (χ0) is 13.8. The lowest BCUT2D eigenvalue weighted by atomic mass is 9.96. The van der Waals surface area contributed by atoms with Gasteiger partial charge in [-0.25, -0.2) is 9.97 Å². The second-order valence-corrected chi connectivity index (χ2v) is 5.69. The molecule has 0 aliphatic carbocycles. The number of rotatable bonds is 2. The molecule has 20 heavy (non-hydrogen) atoms. The molecule has 110 valence electrons. The lowest BCUT2D eigenvalue weighted by Gasteiger charge is -2.25. The normalized spacial score (nSPS) is 24.4. The van der Waals surface area contributed by atoms with Crippen LogP contribution in [0.1, 0.15) is 36.7 Å². The number of hydrogen-bond donors (Lipinski definition) is 1. The topological polar surface area (TPSA) is 50.3 Å². The summed E-state index contributed by atoms with van der Waals surface area (Å²) < 4.78 is 5.53. The van der Waals surface area contributed by atoms with Crippen LogP contribution in [-0.4, -0.2) is 49.4 Å². The van der Waals surface area contributed by atoms with Gasteiger partial charge in [-0.05, 0) is 32.7 Å². The Bertz CT molecular complexity index is 437. The first kappa shape index (κ1) is 13.8. The summed E-state index contributed by atoms with van der Waals surface area (Å²) in [6.45, 7) is 7.79. The van der Waals surface area contributed by atoms with E-state index < -0.39 is 0 Å². The largest absolute Gasteiger partial charge is 0.380 e. The molecule has 0 amide bonds. The van der Waals surface area contributed by atoms with Crippen LogP contribution in [0.15, 0.2) is 6.07 Å².